The van der Waals surface area contributed by atoms with E-state index >= 15 is 0 Å². The first-order valence-corrected chi connectivity index (χ1v) is 8.99. The number of hydrogen-bond acceptors (Lipinski definition) is 3. The summed E-state index contributed by atoms with van der Waals surface area (Å²) in [6.07, 6.45) is 1.37. The topological polar surface area (TPSA) is 69.6 Å². The Morgan fingerprint density at radius 3 is 2.58 bits per heavy atom. The summed E-state index contributed by atoms with van der Waals surface area (Å²) in [6.45, 7) is 0.693. The van der Waals surface area contributed by atoms with Crippen molar-refractivity contribution in [2.75, 3.05) is 13.1 Å². The molecule has 1 heterocycles. The molecule has 1 saturated heterocycles. The lowest BCUT2D eigenvalue weighted by atomic mass is 9.98. The van der Waals surface area contributed by atoms with Crippen molar-refractivity contribution < 1.29 is 14.7 Å². The first-order valence-electron chi connectivity index (χ1n) is 8.61. The van der Waals surface area contributed by atoms with Gasteiger partial charge in [0.2, 0.25) is 5.91 Å². The molecule has 0 radical (unpaired) electrons. The quantitative estimate of drug-likeness (QED) is 0.817. The van der Waals surface area contributed by atoms with E-state index in [1.54, 1.807) is 11.0 Å². The second-order valence-corrected chi connectivity index (χ2v) is 6.87. The molecule has 2 aromatic carbocycles. The zero-order chi connectivity index (χ0) is 18.5. The minimum atomic E-state index is -0.871. The van der Waals surface area contributed by atoms with Crippen LogP contribution in [0.5, 0.6) is 0 Å². The number of amides is 1. The number of carboxylic acids is 1. The molecule has 0 bridgehead atoms. The Morgan fingerprint density at radius 1 is 1.15 bits per heavy atom. The van der Waals surface area contributed by atoms with Gasteiger partial charge in [-0.25, -0.2) is 0 Å². The highest BCUT2D eigenvalue weighted by molar-refractivity contribution is 6.30. The summed E-state index contributed by atoms with van der Waals surface area (Å²) in [7, 11) is 0. The third-order valence-electron chi connectivity index (χ3n) is 4.62. The third kappa shape index (κ3) is 4.42. The van der Waals surface area contributed by atoms with Gasteiger partial charge < -0.3 is 10.4 Å². The highest BCUT2D eigenvalue weighted by Gasteiger charge is 2.32. The van der Waals surface area contributed by atoms with E-state index in [4.69, 9.17) is 11.6 Å². The molecule has 2 N–H and O–H groups in total. The van der Waals surface area contributed by atoms with E-state index < -0.39 is 12.0 Å². The van der Waals surface area contributed by atoms with Crippen molar-refractivity contribution >= 4 is 23.5 Å². The average Bonchev–Trinajstić information content (AvgIpc) is 3.09. The lowest BCUT2D eigenvalue weighted by molar-refractivity contribution is -0.142. The largest absolute Gasteiger partial charge is 0.480 e. The van der Waals surface area contributed by atoms with Gasteiger partial charge in [-0.05, 0) is 42.6 Å². The van der Waals surface area contributed by atoms with Crippen molar-refractivity contribution in [1.29, 1.82) is 0 Å². The summed E-state index contributed by atoms with van der Waals surface area (Å²) in [5.74, 6) is -1.07. The number of nitrogens with one attached hydrogen (secondary N) is 1. The summed E-state index contributed by atoms with van der Waals surface area (Å²) >= 11 is 6.12. The first kappa shape index (κ1) is 18.4. The molecule has 0 spiro atoms. The van der Waals surface area contributed by atoms with Crippen LogP contribution in [0.4, 0.5) is 0 Å². The van der Waals surface area contributed by atoms with E-state index in [9.17, 15) is 14.7 Å². The second kappa shape index (κ2) is 8.34. The molecule has 3 rings (SSSR count). The minimum absolute atomic E-state index is 0.0703. The molecular formula is C20H21ClN2O3. The Bertz CT molecular complexity index is 782. The van der Waals surface area contributed by atoms with Crippen molar-refractivity contribution in [2.45, 2.75) is 24.9 Å². The Labute approximate surface area is 157 Å². The number of aliphatic carboxylic acids is 1. The molecule has 0 saturated carbocycles. The van der Waals surface area contributed by atoms with Gasteiger partial charge in [-0.15, -0.1) is 0 Å². The minimum Gasteiger partial charge on any atom is -0.480 e. The third-order valence-corrected chi connectivity index (χ3v) is 4.85. The van der Waals surface area contributed by atoms with Crippen LogP contribution in [-0.4, -0.2) is 41.0 Å². The molecule has 1 aliphatic rings. The highest BCUT2D eigenvalue weighted by Crippen LogP contribution is 2.25. The Hall–Kier alpha value is -2.37. The summed E-state index contributed by atoms with van der Waals surface area (Å²) in [4.78, 5) is 25.7. The molecular weight excluding hydrogens is 352 g/mol. The molecule has 26 heavy (non-hydrogen) atoms. The monoisotopic (exact) mass is 372 g/mol. The van der Waals surface area contributed by atoms with Crippen LogP contribution in [0.25, 0.3) is 0 Å². The van der Waals surface area contributed by atoms with Crippen LogP contribution in [-0.2, 0) is 9.59 Å². The molecule has 2 atom stereocenters. The molecule has 0 aliphatic carbocycles. The van der Waals surface area contributed by atoms with E-state index in [0.717, 1.165) is 17.5 Å². The van der Waals surface area contributed by atoms with Gasteiger partial charge in [0.1, 0.15) is 6.04 Å². The fourth-order valence-corrected chi connectivity index (χ4v) is 3.58. The van der Waals surface area contributed by atoms with Crippen molar-refractivity contribution in [3.05, 3.63) is 70.7 Å². The number of carbonyl (C=O) groups excluding carboxylic acids is 1. The van der Waals surface area contributed by atoms with Crippen molar-refractivity contribution in [3.8, 4) is 0 Å². The average molecular weight is 373 g/mol. The predicted molar refractivity (Wildman–Crippen MR) is 100 cm³/mol. The molecule has 0 aromatic heterocycles. The van der Waals surface area contributed by atoms with Gasteiger partial charge >= 0.3 is 5.97 Å². The number of benzene rings is 2. The number of carboxylic acid groups (broad SMARTS) is 1. The van der Waals surface area contributed by atoms with Crippen LogP contribution in [0.3, 0.4) is 0 Å². The Kier molecular flexibility index (Phi) is 5.91. The van der Waals surface area contributed by atoms with Crippen molar-refractivity contribution in [2.24, 2.45) is 0 Å². The molecule has 1 fully saturated rings. The molecule has 136 valence electrons. The lowest BCUT2D eigenvalue weighted by Crippen LogP contribution is -2.43. The van der Waals surface area contributed by atoms with Crippen molar-refractivity contribution in [3.63, 3.8) is 0 Å². The van der Waals surface area contributed by atoms with Crippen LogP contribution < -0.4 is 5.32 Å². The maximum absolute atomic E-state index is 12.6. The standard InChI is InChI=1S/C20H21ClN2O3/c21-16-9-4-8-15(12-16)19(14-6-2-1-3-7-14)22-18(24)13-23-11-5-10-17(23)20(25)26/h1-4,6-9,12,17,19H,5,10-11,13H2,(H,22,24)(H,25,26)/t17-,19+/m0/s1. The van der Waals surface area contributed by atoms with Crippen molar-refractivity contribution in [1.82, 2.24) is 10.2 Å². The van der Waals surface area contributed by atoms with Crippen LogP contribution in [0.15, 0.2) is 54.6 Å². The molecule has 2 aromatic rings. The van der Waals surface area contributed by atoms with Gasteiger partial charge in [0.15, 0.2) is 0 Å². The van der Waals surface area contributed by atoms with Crippen LogP contribution in [0.2, 0.25) is 5.02 Å². The number of carbonyl (C=O) groups is 2. The molecule has 1 aliphatic heterocycles. The molecule has 5 nitrogen and oxygen atoms in total. The van der Waals surface area contributed by atoms with E-state index in [0.29, 0.717) is 18.0 Å². The SMILES string of the molecule is O=C(CN1CCC[C@H]1C(=O)O)N[C@H](c1ccccc1)c1cccc(Cl)c1. The molecule has 6 heteroatoms. The maximum atomic E-state index is 12.6. The van der Waals surface area contributed by atoms with Crippen LogP contribution in [0.1, 0.15) is 30.0 Å². The number of hydrogen-bond donors (Lipinski definition) is 2. The van der Waals surface area contributed by atoms with E-state index in [-0.39, 0.29) is 18.5 Å². The maximum Gasteiger partial charge on any atom is 0.320 e. The summed E-state index contributed by atoms with van der Waals surface area (Å²) in [5, 5.41) is 12.9. The predicted octanol–water partition coefficient (Wildman–Crippen LogP) is 3.09. The zero-order valence-corrected chi connectivity index (χ0v) is 15.0. The first-order chi connectivity index (χ1) is 12.5. The number of rotatable bonds is 6. The van der Waals surface area contributed by atoms with Crippen LogP contribution >= 0.6 is 11.6 Å². The second-order valence-electron chi connectivity index (χ2n) is 6.43. The van der Waals surface area contributed by atoms with Gasteiger partial charge in [0.25, 0.3) is 0 Å². The Balaban J connectivity index is 1.78. The summed E-state index contributed by atoms with van der Waals surface area (Å²) < 4.78 is 0. The van der Waals surface area contributed by atoms with Gasteiger partial charge in [-0.3, -0.25) is 14.5 Å². The van der Waals surface area contributed by atoms with E-state index in [2.05, 4.69) is 5.32 Å². The Morgan fingerprint density at radius 2 is 1.88 bits per heavy atom. The number of likely N-dealkylation sites (tertiary alicyclic amines) is 1. The van der Waals surface area contributed by atoms with E-state index in [1.807, 2.05) is 48.5 Å². The fraction of sp³-hybridized carbons (Fsp3) is 0.300. The van der Waals surface area contributed by atoms with E-state index in [1.165, 1.54) is 0 Å². The van der Waals surface area contributed by atoms with Crippen LogP contribution in [0, 0.1) is 0 Å². The van der Waals surface area contributed by atoms with Gasteiger partial charge in [-0.1, -0.05) is 54.1 Å². The fourth-order valence-electron chi connectivity index (χ4n) is 3.38. The van der Waals surface area contributed by atoms with Gasteiger partial charge in [0, 0.05) is 5.02 Å². The zero-order valence-electron chi connectivity index (χ0n) is 14.3. The summed E-state index contributed by atoms with van der Waals surface area (Å²) in [6, 6.07) is 16.1. The highest BCUT2D eigenvalue weighted by atomic mass is 35.5. The molecule has 0 unspecified atom stereocenters. The normalized spacial score (nSPS) is 18.4. The molecule has 1 amide bonds. The number of nitrogens with zero attached hydrogens (tertiary/aromatic N) is 1. The van der Waals surface area contributed by atoms with Gasteiger partial charge in [0.05, 0.1) is 12.6 Å². The lowest BCUT2D eigenvalue weighted by Gasteiger charge is -2.24. The number of halogens is 1. The smallest absolute Gasteiger partial charge is 0.320 e. The summed E-state index contributed by atoms with van der Waals surface area (Å²) in [5.41, 5.74) is 1.83. The van der Waals surface area contributed by atoms with Gasteiger partial charge in [-0.2, -0.15) is 0 Å².